The maximum absolute atomic E-state index is 11.4. The second-order valence-electron chi connectivity index (χ2n) is 7.89. The van der Waals surface area contributed by atoms with Gasteiger partial charge in [-0.15, -0.1) is 0 Å². The van der Waals surface area contributed by atoms with Gasteiger partial charge in [-0.2, -0.15) is 0 Å². The van der Waals surface area contributed by atoms with Crippen LogP contribution in [0.1, 0.15) is 17.2 Å². The summed E-state index contributed by atoms with van der Waals surface area (Å²) < 4.78 is 11.9. The summed E-state index contributed by atoms with van der Waals surface area (Å²) in [5.41, 5.74) is 0.163. The number of rotatable bonds is 5. The first-order valence-corrected chi connectivity index (χ1v) is 10.3. The van der Waals surface area contributed by atoms with Crippen molar-refractivity contribution in [3.63, 3.8) is 0 Å². The first-order valence-electron chi connectivity index (χ1n) is 10.3. The number of morpholine rings is 1. The fraction of sp³-hybridized carbons (Fsp3) is 0.478. The van der Waals surface area contributed by atoms with E-state index in [0.29, 0.717) is 31.9 Å². The minimum atomic E-state index is -1.48. The van der Waals surface area contributed by atoms with E-state index in [1.54, 1.807) is 0 Å². The average molecular weight is 415 g/mol. The zero-order chi connectivity index (χ0) is 21.1. The first kappa shape index (κ1) is 21.4. The van der Waals surface area contributed by atoms with Crippen LogP contribution < -0.4 is 0 Å². The predicted octanol–water partition coefficient (Wildman–Crippen LogP) is 0.429. The topological polar surface area (TPSA) is 103 Å². The van der Waals surface area contributed by atoms with Crippen molar-refractivity contribution >= 4 is 0 Å². The molecule has 7 nitrogen and oxygen atoms in total. The van der Waals surface area contributed by atoms with Crippen LogP contribution in [-0.4, -0.2) is 82.7 Å². The summed E-state index contributed by atoms with van der Waals surface area (Å²) in [6.07, 6.45) is -5.35. The quantitative estimate of drug-likeness (QED) is 0.562. The van der Waals surface area contributed by atoms with Crippen LogP contribution in [-0.2, 0) is 15.1 Å². The molecule has 2 aliphatic heterocycles. The van der Waals surface area contributed by atoms with Gasteiger partial charge in [0.25, 0.3) is 0 Å². The molecule has 6 atom stereocenters. The van der Waals surface area contributed by atoms with Crippen molar-refractivity contribution in [2.24, 2.45) is 0 Å². The molecule has 2 fully saturated rings. The summed E-state index contributed by atoms with van der Waals surface area (Å²) >= 11 is 0. The summed E-state index contributed by atoms with van der Waals surface area (Å²) in [6.45, 7) is 1.83. The number of aliphatic hydroxyl groups is 4. The second-order valence-corrected chi connectivity index (χ2v) is 7.89. The van der Waals surface area contributed by atoms with Gasteiger partial charge in [0.1, 0.15) is 30.0 Å². The van der Waals surface area contributed by atoms with E-state index in [1.165, 1.54) is 0 Å². The number of hydrogen-bond donors (Lipinski definition) is 4. The molecule has 0 aromatic heterocycles. The Kier molecular flexibility index (Phi) is 6.50. The highest BCUT2D eigenvalue weighted by Gasteiger charge is 2.59. The lowest BCUT2D eigenvalue weighted by Crippen LogP contribution is -2.67. The number of hydrogen-bond acceptors (Lipinski definition) is 7. The molecule has 4 N–H and O–H groups in total. The van der Waals surface area contributed by atoms with Gasteiger partial charge >= 0.3 is 0 Å². The van der Waals surface area contributed by atoms with Gasteiger partial charge in [-0.3, -0.25) is 4.90 Å². The second kappa shape index (κ2) is 9.11. The molecule has 2 saturated heterocycles. The SMILES string of the molecule is OCC1OC(c2ccccc2)(C(c2ccccc2)N2CCOCC2)C(O)C(O)C1O. The number of benzene rings is 2. The Labute approximate surface area is 176 Å². The van der Waals surface area contributed by atoms with Crippen LogP contribution in [0.3, 0.4) is 0 Å². The van der Waals surface area contributed by atoms with Crippen LogP contribution >= 0.6 is 0 Å². The molecule has 2 heterocycles. The molecule has 0 saturated carbocycles. The minimum absolute atomic E-state index is 0.476. The highest BCUT2D eigenvalue weighted by Crippen LogP contribution is 2.49. The van der Waals surface area contributed by atoms with E-state index in [0.717, 1.165) is 5.56 Å². The Bertz CT molecular complexity index is 798. The van der Waals surface area contributed by atoms with Crippen LogP contribution in [0.5, 0.6) is 0 Å². The maximum atomic E-state index is 11.4. The Morgan fingerprint density at radius 2 is 1.50 bits per heavy atom. The van der Waals surface area contributed by atoms with Gasteiger partial charge < -0.3 is 29.9 Å². The molecular formula is C23H29NO6. The molecule has 0 amide bonds. The van der Waals surface area contributed by atoms with Crippen LogP contribution in [0.15, 0.2) is 60.7 Å². The van der Waals surface area contributed by atoms with Crippen LogP contribution in [0.25, 0.3) is 0 Å². The van der Waals surface area contributed by atoms with Gasteiger partial charge in [0.05, 0.1) is 25.9 Å². The standard InChI is InChI=1S/C23H29NO6/c25-15-18-19(26)20(27)22(28)23(30-18,17-9-5-2-6-10-17)21(16-7-3-1-4-8-16)24-11-13-29-14-12-24/h1-10,18-22,25-28H,11-15H2. The van der Waals surface area contributed by atoms with Gasteiger partial charge in [0.15, 0.2) is 0 Å². The first-order chi connectivity index (χ1) is 14.6. The third-order valence-corrected chi connectivity index (χ3v) is 6.18. The summed E-state index contributed by atoms with van der Waals surface area (Å²) in [7, 11) is 0. The molecule has 0 radical (unpaired) electrons. The van der Waals surface area contributed by atoms with E-state index in [4.69, 9.17) is 9.47 Å². The molecule has 30 heavy (non-hydrogen) atoms. The summed E-state index contributed by atoms with van der Waals surface area (Å²) in [4.78, 5) is 2.17. The van der Waals surface area contributed by atoms with Crippen LogP contribution in [0.4, 0.5) is 0 Å². The molecule has 2 aliphatic rings. The van der Waals surface area contributed by atoms with Crippen molar-refractivity contribution in [1.29, 1.82) is 0 Å². The summed E-state index contributed by atoms with van der Waals surface area (Å²) in [6, 6.07) is 18.5. The zero-order valence-corrected chi connectivity index (χ0v) is 16.7. The minimum Gasteiger partial charge on any atom is -0.394 e. The zero-order valence-electron chi connectivity index (χ0n) is 16.7. The number of ether oxygens (including phenoxy) is 2. The maximum Gasteiger partial charge on any atom is 0.142 e. The predicted molar refractivity (Wildman–Crippen MR) is 110 cm³/mol. The molecule has 2 aromatic carbocycles. The highest BCUT2D eigenvalue weighted by molar-refractivity contribution is 5.34. The van der Waals surface area contributed by atoms with Gasteiger partial charge in [0, 0.05) is 13.1 Å². The lowest BCUT2D eigenvalue weighted by molar-refractivity contribution is -0.301. The van der Waals surface area contributed by atoms with E-state index in [1.807, 2.05) is 60.7 Å². The smallest absolute Gasteiger partial charge is 0.142 e. The largest absolute Gasteiger partial charge is 0.394 e. The molecule has 7 heteroatoms. The molecule has 2 aromatic rings. The third-order valence-electron chi connectivity index (χ3n) is 6.18. The van der Waals surface area contributed by atoms with E-state index < -0.39 is 42.7 Å². The molecule has 0 aliphatic carbocycles. The van der Waals surface area contributed by atoms with Crippen molar-refractivity contribution in [2.75, 3.05) is 32.9 Å². The number of nitrogens with zero attached hydrogens (tertiary/aromatic N) is 1. The Morgan fingerprint density at radius 1 is 0.900 bits per heavy atom. The monoisotopic (exact) mass is 415 g/mol. The fourth-order valence-electron chi connectivity index (χ4n) is 4.72. The van der Waals surface area contributed by atoms with E-state index >= 15 is 0 Å². The fourth-order valence-corrected chi connectivity index (χ4v) is 4.72. The Balaban J connectivity index is 1.92. The number of aliphatic hydroxyl groups excluding tert-OH is 4. The molecular weight excluding hydrogens is 386 g/mol. The van der Waals surface area contributed by atoms with Gasteiger partial charge in [-0.1, -0.05) is 60.7 Å². The van der Waals surface area contributed by atoms with Crippen LogP contribution in [0, 0.1) is 0 Å². The normalized spacial score (nSPS) is 33.9. The van der Waals surface area contributed by atoms with Crippen molar-refractivity contribution < 1.29 is 29.9 Å². The summed E-state index contributed by atoms with van der Waals surface area (Å²) in [5.74, 6) is 0. The average Bonchev–Trinajstić information content (AvgIpc) is 2.81. The molecule has 0 bridgehead atoms. The highest BCUT2D eigenvalue weighted by atomic mass is 16.6. The Hall–Kier alpha value is -1.84. The van der Waals surface area contributed by atoms with E-state index in [2.05, 4.69) is 4.90 Å². The molecule has 162 valence electrons. The Morgan fingerprint density at radius 3 is 2.10 bits per heavy atom. The van der Waals surface area contributed by atoms with Crippen molar-refractivity contribution in [2.45, 2.75) is 36.1 Å². The molecule has 0 spiro atoms. The van der Waals surface area contributed by atoms with Crippen molar-refractivity contribution in [3.05, 3.63) is 71.8 Å². The summed E-state index contributed by atoms with van der Waals surface area (Å²) in [5, 5.41) is 42.5. The molecule has 4 rings (SSSR count). The lowest BCUT2D eigenvalue weighted by atomic mass is 9.72. The van der Waals surface area contributed by atoms with E-state index in [9.17, 15) is 20.4 Å². The lowest BCUT2D eigenvalue weighted by Gasteiger charge is -2.55. The van der Waals surface area contributed by atoms with Gasteiger partial charge in [0.2, 0.25) is 0 Å². The van der Waals surface area contributed by atoms with Crippen molar-refractivity contribution in [1.82, 2.24) is 4.90 Å². The van der Waals surface area contributed by atoms with Gasteiger partial charge in [-0.25, -0.2) is 0 Å². The van der Waals surface area contributed by atoms with Crippen molar-refractivity contribution in [3.8, 4) is 0 Å². The van der Waals surface area contributed by atoms with E-state index in [-0.39, 0.29) is 0 Å². The third kappa shape index (κ3) is 3.67. The molecule has 6 unspecified atom stereocenters. The van der Waals surface area contributed by atoms with Crippen LogP contribution in [0.2, 0.25) is 0 Å². The van der Waals surface area contributed by atoms with Gasteiger partial charge in [-0.05, 0) is 11.1 Å².